The van der Waals surface area contributed by atoms with E-state index < -0.39 is 12.1 Å². The standard InChI is InChI=1S/C9H10N4O3/c10-4-1-3(7(14)8(15)16)2-5-6(4)13-9(11)12-5/h1-2,7,14H,10H2,(H,15,16)(H3,11,12,13). The van der Waals surface area contributed by atoms with Gasteiger partial charge in [0.15, 0.2) is 12.1 Å². The molecule has 2 aromatic rings. The predicted octanol–water partition coefficient (Wildman–Crippen LogP) is -0.155. The van der Waals surface area contributed by atoms with Crippen LogP contribution in [0.15, 0.2) is 12.1 Å². The average molecular weight is 222 g/mol. The van der Waals surface area contributed by atoms with Crippen molar-refractivity contribution in [2.75, 3.05) is 11.5 Å². The molecule has 0 aliphatic heterocycles. The number of imidazole rings is 1. The fourth-order valence-electron chi connectivity index (χ4n) is 1.49. The first-order chi connectivity index (χ1) is 7.49. The summed E-state index contributed by atoms with van der Waals surface area (Å²) in [7, 11) is 0. The van der Waals surface area contributed by atoms with Gasteiger partial charge in [0, 0.05) is 0 Å². The Labute approximate surface area is 89.7 Å². The van der Waals surface area contributed by atoms with Crippen molar-refractivity contribution in [2.24, 2.45) is 0 Å². The third-order valence-corrected chi connectivity index (χ3v) is 2.21. The van der Waals surface area contributed by atoms with Crippen LogP contribution in [0.2, 0.25) is 0 Å². The molecule has 7 N–H and O–H groups in total. The molecule has 84 valence electrons. The van der Waals surface area contributed by atoms with Crippen molar-refractivity contribution in [1.82, 2.24) is 9.97 Å². The van der Waals surface area contributed by atoms with Gasteiger partial charge < -0.3 is 26.7 Å². The number of aromatic amines is 1. The zero-order valence-electron chi connectivity index (χ0n) is 8.14. The van der Waals surface area contributed by atoms with Crippen molar-refractivity contribution in [1.29, 1.82) is 0 Å². The number of hydrogen-bond donors (Lipinski definition) is 5. The first kappa shape index (κ1) is 10.2. The largest absolute Gasteiger partial charge is 0.479 e. The molecule has 0 aliphatic carbocycles. The summed E-state index contributed by atoms with van der Waals surface area (Å²) < 4.78 is 0. The van der Waals surface area contributed by atoms with Crippen molar-refractivity contribution in [3.63, 3.8) is 0 Å². The number of carboxylic acid groups (broad SMARTS) is 1. The number of nitrogens with two attached hydrogens (primary N) is 2. The maximum Gasteiger partial charge on any atom is 0.337 e. The van der Waals surface area contributed by atoms with Crippen LogP contribution in [-0.2, 0) is 4.79 Å². The number of hydrogen-bond acceptors (Lipinski definition) is 5. The van der Waals surface area contributed by atoms with Crippen LogP contribution in [0.25, 0.3) is 11.0 Å². The van der Waals surface area contributed by atoms with E-state index in [4.69, 9.17) is 16.6 Å². The summed E-state index contributed by atoms with van der Waals surface area (Å²) in [6.07, 6.45) is -1.61. The second-order valence-corrected chi connectivity index (χ2v) is 3.37. The normalized spacial score (nSPS) is 12.8. The third kappa shape index (κ3) is 1.52. The topological polar surface area (TPSA) is 138 Å². The number of anilines is 2. The number of carbonyl (C=O) groups is 1. The average Bonchev–Trinajstić information content (AvgIpc) is 2.57. The first-order valence-electron chi connectivity index (χ1n) is 4.44. The summed E-state index contributed by atoms with van der Waals surface area (Å²) in [6.45, 7) is 0. The molecule has 2 rings (SSSR count). The number of fused-ring (bicyclic) bond motifs is 1. The lowest BCUT2D eigenvalue weighted by molar-refractivity contribution is -0.146. The molecule has 0 radical (unpaired) electrons. The first-order valence-corrected chi connectivity index (χ1v) is 4.44. The number of aromatic nitrogens is 2. The number of H-pyrrole nitrogens is 1. The number of nitrogens with one attached hydrogen (secondary N) is 1. The Morgan fingerprint density at radius 3 is 2.75 bits per heavy atom. The van der Waals surface area contributed by atoms with Crippen LogP contribution in [0.1, 0.15) is 11.7 Å². The molecule has 0 saturated carbocycles. The van der Waals surface area contributed by atoms with Gasteiger partial charge in [-0.3, -0.25) is 0 Å². The van der Waals surface area contributed by atoms with Crippen LogP contribution in [-0.4, -0.2) is 26.2 Å². The van der Waals surface area contributed by atoms with Gasteiger partial charge in [-0.15, -0.1) is 0 Å². The fraction of sp³-hybridized carbons (Fsp3) is 0.111. The van der Waals surface area contributed by atoms with Gasteiger partial charge in [0.25, 0.3) is 0 Å². The Bertz CT molecular complexity index is 563. The molecule has 0 spiro atoms. The van der Waals surface area contributed by atoms with E-state index in [9.17, 15) is 9.90 Å². The molecule has 7 heteroatoms. The van der Waals surface area contributed by atoms with Crippen molar-refractivity contribution in [3.05, 3.63) is 17.7 Å². The highest BCUT2D eigenvalue weighted by Crippen LogP contribution is 2.25. The van der Waals surface area contributed by atoms with Gasteiger partial charge in [-0.1, -0.05) is 0 Å². The van der Waals surface area contributed by atoms with E-state index in [0.717, 1.165) is 0 Å². The smallest absolute Gasteiger partial charge is 0.337 e. The molecular formula is C9H10N4O3. The zero-order chi connectivity index (χ0) is 11.9. The molecule has 1 atom stereocenters. The minimum absolute atomic E-state index is 0.182. The van der Waals surface area contributed by atoms with Crippen molar-refractivity contribution >= 4 is 28.6 Å². The molecule has 0 bridgehead atoms. The second kappa shape index (κ2) is 3.38. The number of rotatable bonds is 2. The quantitative estimate of drug-likeness (QED) is 0.448. The molecular weight excluding hydrogens is 212 g/mol. The van der Waals surface area contributed by atoms with Crippen LogP contribution >= 0.6 is 0 Å². The van der Waals surface area contributed by atoms with E-state index in [1.165, 1.54) is 12.1 Å². The number of nitrogen functional groups attached to an aromatic ring is 2. The summed E-state index contributed by atoms with van der Waals surface area (Å²) in [5.74, 6) is -1.16. The predicted molar refractivity (Wildman–Crippen MR) is 57.5 cm³/mol. The van der Waals surface area contributed by atoms with E-state index in [0.29, 0.717) is 11.0 Å². The number of aliphatic hydroxyl groups is 1. The number of aliphatic hydroxyl groups excluding tert-OH is 1. The Morgan fingerprint density at radius 2 is 2.12 bits per heavy atom. The SMILES string of the molecule is Nc1nc2c(N)cc(C(O)C(=O)O)cc2[nH]1. The summed E-state index contributed by atoms with van der Waals surface area (Å²) in [6, 6.07) is 2.81. The van der Waals surface area contributed by atoms with Crippen molar-refractivity contribution in [2.45, 2.75) is 6.10 Å². The van der Waals surface area contributed by atoms with Gasteiger partial charge in [-0.25, -0.2) is 9.78 Å². The summed E-state index contributed by atoms with van der Waals surface area (Å²) in [5, 5.41) is 18.0. The molecule has 1 aromatic heterocycles. The summed E-state index contributed by atoms with van der Waals surface area (Å²) >= 11 is 0. The Morgan fingerprint density at radius 1 is 1.44 bits per heavy atom. The number of benzene rings is 1. The van der Waals surface area contributed by atoms with Crippen molar-refractivity contribution < 1.29 is 15.0 Å². The van der Waals surface area contributed by atoms with Crippen molar-refractivity contribution in [3.8, 4) is 0 Å². The van der Waals surface area contributed by atoms with Gasteiger partial charge in [0.05, 0.1) is 11.2 Å². The highest BCUT2D eigenvalue weighted by atomic mass is 16.4. The maximum absolute atomic E-state index is 10.6. The maximum atomic E-state index is 10.6. The van der Waals surface area contributed by atoms with Gasteiger partial charge in [0.2, 0.25) is 0 Å². The Kier molecular flexibility index (Phi) is 2.17. The van der Waals surface area contributed by atoms with Crippen LogP contribution in [0, 0.1) is 0 Å². The number of aliphatic carboxylic acids is 1. The molecule has 0 fully saturated rings. The number of nitrogens with zero attached hydrogens (tertiary/aromatic N) is 1. The zero-order valence-corrected chi connectivity index (χ0v) is 8.14. The lowest BCUT2D eigenvalue weighted by Gasteiger charge is -2.06. The van der Waals surface area contributed by atoms with Crippen LogP contribution < -0.4 is 11.5 Å². The molecule has 1 aromatic carbocycles. The lowest BCUT2D eigenvalue weighted by Crippen LogP contribution is -2.10. The number of carboxylic acids is 1. The molecule has 0 amide bonds. The molecule has 1 heterocycles. The van der Waals surface area contributed by atoms with E-state index >= 15 is 0 Å². The highest BCUT2D eigenvalue weighted by Gasteiger charge is 2.18. The molecule has 0 aliphatic rings. The van der Waals surface area contributed by atoms with Gasteiger partial charge in [-0.05, 0) is 17.7 Å². The minimum atomic E-state index is -1.61. The van der Waals surface area contributed by atoms with Crippen LogP contribution in [0.3, 0.4) is 0 Å². The van der Waals surface area contributed by atoms with Gasteiger partial charge in [-0.2, -0.15) is 0 Å². The van der Waals surface area contributed by atoms with E-state index in [1.807, 2.05) is 0 Å². The summed E-state index contributed by atoms with van der Waals surface area (Å²) in [5.41, 5.74) is 12.5. The van der Waals surface area contributed by atoms with Crippen LogP contribution in [0.5, 0.6) is 0 Å². The van der Waals surface area contributed by atoms with Crippen LogP contribution in [0.4, 0.5) is 11.6 Å². The second-order valence-electron chi connectivity index (χ2n) is 3.37. The molecule has 0 saturated heterocycles. The highest BCUT2D eigenvalue weighted by molar-refractivity contribution is 5.90. The van der Waals surface area contributed by atoms with Gasteiger partial charge >= 0.3 is 5.97 Å². The third-order valence-electron chi connectivity index (χ3n) is 2.21. The fourth-order valence-corrected chi connectivity index (χ4v) is 1.49. The van der Waals surface area contributed by atoms with E-state index in [1.54, 1.807) is 0 Å². The molecule has 1 unspecified atom stereocenters. The Hall–Kier alpha value is -2.28. The molecule has 7 nitrogen and oxygen atoms in total. The molecule has 16 heavy (non-hydrogen) atoms. The Balaban J connectivity index is 2.61. The van der Waals surface area contributed by atoms with E-state index in [-0.39, 0.29) is 17.2 Å². The monoisotopic (exact) mass is 222 g/mol. The summed E-state index contributed by atoms with van der Waals surface area (Å²) in [4.78, 5) is 17.3. The van der Waals surface area contributed by atoms with E-state index in [2.05, 4.69) is 9.97 Å². The lowest BCUT2D eigenvalue weighted by atomic mass is 10.1. The van der Waals surface area contributed by atoms with Gasteiger partial charge in [0.1, 0.15) is 5.52 Å². The minimum Gasteiger partial charge on any atom is -0.479 e.